The maximum absolute atomic E-state index is 12.1. The van der Waals surface area contributed by atoms with Crippen LogP contribution in [0.3, 0.4) is 0 Å². The van der Waals surface area contributed by atoms with E-state index in [1.165, 1.54) is 16.7 Å². The lowest BCUT2D eigenvalue weighted by atomic mass is 10.1. The normalized spacial score (nSPS) is 13.8. The number of imide groups is 1. The van der Waals surface area contributed by atoms with Gasteiger partial charge in [0.1, 0.15) is 5.78 Å². The van der Waals surface area contributed by atoms with Crippen molar-refractivity contribution >= 4 is 29.4 Å². The molecule has 0 bridgehead atoms. The lowest BCUT2D eigenvalue weighted by Crippen LogP contribution is -2.30. The summed E-state index contributed by atoms with van der Waals surface area (Å²) in [6.45, 7) is 0.388. The summed E-state index contributed by atoms with van der Waals surface area (Å²) in [5.74, 6) is 0.314. The molecule has 106 valence electrons. The number of thioether (sulfide) groups is 1. The fourth-order valence-electron chi connectivity index (χ4n) is 2.27. The Morgan fingerprint density at radius 2 is 1.70 bits per heavy atom. The Kier molecular flexibility index (Phi) is 4.95. The first-order valence-electron chi connectivity index (χ1n) is 6.61. The highest BCUT2D eigenvalue weighted by Gasteiger charge is 2.34. The van der Waals surface area contributed by atoms with Gasteiger partial charge in [-0.1, -0.05) is 12.1 Å². The van der Waals surface area contributed by atoms with Crippen LogP contribution in [0.5, 0.6) is 0 Å². The minimum atomic E-state index is -0.221. The maximum atomic E-state index is 12.1. The summed E-state index contributed by atoms with van der Waals surface area (Å²) < 4.78 is 0. The molecule has 0 saturated carbocycles. The fraction of sp³-hybridized carbons (Fsp3) is 0.400. The number of carbonyl (C=O) groups is 3. The molecule has 1 aliphatic rings. The van der Waals surface area contributed by atoms with Crippen LogP contribution < -0.4 is 0 Å². The minimum Gasteiger partial charge on any atom is -0.299 e. The van der Waals surface area contributed by atoms with Gasteiger partial charge >= 0.3 is 0 Å². The molecule has 2 amide bonds. The third-order valence-corrected chi connectivity index (χ3v) is 3.88. The molecule has 0 saturated heterocycles. The summed E-state index contributed by atoms with van der Waals surface area (Å²) in [4.78, 5) is 36.8. The Labute approximate surface area is 122 Å². The number of rotatable bonds is 7. The van der Waals surface area contributed by atoms with Crippen molar-refractivity contribution in [3.8, 4) is 0 Å². The summed E-state index contributed by atoms with van der Waals surface area (Å²) in [7, 11) is 0. The van der Waals surface area contributed by atoms with Gasteiger partial charge < -0.3 is 0 Å². The van der Waals surface area contributed by atoms with Gasteiger partial charge in [0, 0.05) is 13.0 Å². The van der Waals surface area contributed by atoms with Crippen LogP contribution in [0.25, 0.3) is 0 Å². The second kappa shape index (κ2) is 6.70. The highest BCUT2D eigenvalue weighted by molar-refractivity contribution is 7.99. The average molecular weight is 291 g/mol. The number of hydrogen-bond acceptors (Lipinski definition) is 4. The summed E-state index contributed by atoms with van der Waals surface area (Å²) >= 11 is 1.52. The number of ketones is 1. The largest absolute Gasteiger partial charge is 0.299 e. The number of amides is 2. The standard InChI is InChI=1S/C15H17NO3S/c1-20-10-11(17)6-4-5-9-16-14(18)12-7-2-3-8-13(12)15(16)19/h2-3,7-8H,4-6,9-10H2,1H3. The molecule has 0 spiro atoms. The first kappa shape index (κ1) is 14.8. The van der Waals surface area contributed by atoms with Crippen molar-refractivity contribution in [3.63, 3.8) is 0 Å². The summed E-state index contributed by atoms with van der Waals surface area (Å²) in [6.07, 6.45) is 3.80. The van der Waals surface area contributed by atoms with Gasteiger partial charge in [-0.05, 0) is 31.2 Å². The monoisotopic (exact) mass is 291 g/mol. The van der Waals surface area contributed by atoms with Crippen LogP contribution in [0.4, 0.5) is 0 Å². The highest BCUT2D eigenvalue weighted by Crippen LogP contribution is 2.22. The molecule has 1 aromatic carbocycles. The number of carbonyl (C=O) groups excluding carboxylic acids is 3. The van der Waals surface area contributed by atoms with E-state index in [1.807, 2.05) is 6.26 Å². The van der Waals surface area contributed by atoms with E-state index in [0.717, 1.165) is 0 Å². The zero-order valence-corrected chi connectivity index (χ0v) is 12.2. The van der Waals surface area contributed by atoms with Crippen LogP contribution in [0.2, 0.25) is 0 Å². The van der Waals surface area contributed by atoms with Gasteiger partial charge in [-0.2, -0.15) is 11.8 Å². The number of Topliss-reactive ketones (excluding diaryl/α,β-unsaturated/α-hetero) is 1. The lowest BCUT2D eigenvalue weighted by Gasteiger charge is -2.13. The molecule has 0 aliphatic carbocycles. The average Bonchev–Trinajstić information content (AvgIpc) is 2.69. The quantitative estimate of drug-likeness (QED) is 0.572. The van der Waals surface area contributed by atoms with Crippen LogP contribution in [0.15, 0.2) is 24.3 Å². The molecule has 2 rings (SSSR count). The molecule has 5 heteroatoms. The summed E-state index contributed by atoms with van der Waals surface area (Å²) in [5, 5.41) is 0. The molecule has 0 atom stereocenters. The number of unbranched alkanes of at least 4 members (excludes halogenated alkanes) is 1. The molecule has 1 aliphatic heterocycles. The van der Waals surface area contributed by atoms with E-state index in [-0.39, 0.29) is 17.6 Å². The molecule has 0 fully saturated rings. The zero-order chi connectivity index (χ0) is 14.5. The smallest absolute Gasteiger partial charge is 0.261 e. The predicted octanol–water partition coefficient (Wildman–Crippen LogP) is 2.39. The molecule has 20 heavy (non-hydrogen) atoms. The van der Waals surface area contributed by atoms with Gasteiger partial charge in [0.25, 0.3) is 11.8 Å². The Hall–Kier alpha value is -1.62. The minimum absolute atomic E-state index is 0.221. The molecule has 0 unspecified atom stereocenters. The second-order valence-electron chi connectivity index (χ2n) is 4.74. The van der Waals surface area contributed by atoms with Crippen molar-refractivity contribution in [2.75, 3.05) is 18.6 Å². The van der Waals surface area contributed by atoms with E-state index < -0.39 is 0 Å². The van der Waals surface area contributed by atoms with Gasteiger partial charge in [0.05, 0.1) is 16.9 Å². The van der Waals surface area contributed by atoms with Crippen molar-refractivity contribution in [1.82, 2.24) is 4.90 Å². The third kappa shape index (κ3) is 3.10. The van der Waals surface area contributed by atoms with Crippen LogP contribution in [-0.2, 0) is 4.79 Å². The first-order chi connectivity index (χ1) is 9.65. The Morgan fingerprint density at radius 1 is 1.10 bits per heavy atom. The Balaban J connectivity index is 1.85. The number of benzene rings is 1. The van der Waals surface area contributed by atoms with E-state index in [4.69, 9.17) is 0 Å². The fourth-order valence-corrected chi connectivity index (χ4v) is 2.73. The van der Waals surface area contributed by atoms with Crippen molar-refractivity contribution in [1.29, 1.82) is 0 Å². The van der Waals surface area contributed by atoms with Gasteiger partial charge in [-0.15, -0.1) is 0 Å². The highest BCUT2D eigenvalue weighted by atomic mass is 32.2. The Morgan fingerprint density at radius 3 is 2.25 bits per heavy atom. The molecule has 0 radical (unpaired) electrons. The molecule has 1 heterocycles. The number of nitrogens with zero attached hydrogens (tertiary/aromatic N) is 1. The van der Waals surface area contributed by atoms with Crippen LogP contribution in [0, 0.1) is 0 Å². The SMILES string of the molecule is CSCC(=O)CCCCN1C(=O)c2ccccc2C1=O. The molecular formula is C15H17NO3S. The van der Waals surface area contributed by atoms with Crippen molar-refractivity contribution in [2.45, 2.75) is 19.3 Å². The van der Waals surface area contributed by atoms with E-state index in [2.05, 4.69) is 0 Å². The second-order valence-corrected chi connectivity index (χ2v) is 5.60. The molecule has 4 nitrogen and oxygen atoms in total. The van der Waals surface area contributed by atoms with Crippen molar-refractivity contribution < 1.29 is 14.4 Å². The molecule has 1 aromatic rings. The van der Waals surface area contributed by atoms with Crippen LogP contribution >= 0.6 is 11.8 Å². The predicted molar refractivity (Wildman–Crippen MR) is 79.0 cm³/mol. The van der Waals surface area contributed by atoms with E-state index in [9.17, 15) is 14.4 Å². The van der Waals surface area contributed by atoms with E-state index in [0.29, 0.717) is 42.7 Å². The lowest BCUT2D eigenvalue weighted by molar-refractivity contribution is -0.116. The molecule has 0 N–H and O–H groups in total. The number of hydrogen-bond donors (Lipinski definition) is 0. The van der Waals surface area contributed by atoms with Gasteiger partial charge in [-0.25, -0.2) is 0 Å². The van der Waals surface area contributed by atoms with Gasteiger partial charge in [0.15, 0.2) is 0 Å². The van der Waals surface area contributed by atoms with E-state index in [1.54, 1.807) is 24.3 Å². The van der Waals surface area contributed by atoms with Gasteiger partial charge in [-0.3, -0.25) is 19.3 Å². The first-order valence-corrected chi connectivity index (χ1v) is 8.00. The summed E-state index contributed by atoms with van der Waals surface area (Å²) in [5.41, 5.74) is 0.965. The zero-order valence-electron chi connectivity index (χ0n) is 11.4. The molecule has 0 aromatic heterocycles. The summed E-state index contributed by atoms with van der Waals surface area (Å²) in [6, 6.07) is 6.87. The van der Waals surface area contributed by atoms with Crippen LogP contribution in [0.1, 0.15) is 40.0 Å². The van der Waals surface area contributed by atoms with Crippen molar-refractivity contribution in [2.24, 2.45) is 0 Å². The Bertz CT molecular complexity index is 507. The topological polar surface area (TPSA) is 54.5 Å². The maximum Gasteiger partial charge on any atom is 0.261 e. The third-order valence-electron chi connectivity index (χ3n) is 3.27. The molecular weight excluding hydrogens is 274 g/mol. The van der Waals surface area contributed by atoms with Crippen molar-refractivity contribution in [3.05, 3.63) is 35.4 Å². The number of fused-ring (bicyclic) bond motifs is 1. The van der Waals surface area contributed by atoms with Crippen LogP contribution in [-0.4, -0.2) is 41.1 Å². The van der Waals surface area contributed by atoms with Gasteiger partial charge in [0.2, 0.25) is 0 Å². The van der Waals surface area contributed by atoms with E-state index >= 15 is 0 Å².